The number of thiazole rings is 1. The van der Waals surface area contributed by atoms with Crippen LogP contribution in [-0.2, 0) is 4.74 Å². The van der Waals surface area contributed by atoms with Crippen LogP contribution in [0.5, 0.6) is 11.5 Å². The van der Waals surface area contributed by atoms with Crippen LogP contribution in [0.4, 0.5) is 5.69 Å². The van der Waals surface area contributed by atoms with Crippen molar-refractivity contribution in [1.29, 1.82) is 0 Å². The van der Waals surface area contributed by atoms with Crippen molar-refractivity contribution < 1.29 is 23.8 Å². The first-order chi connectivity index (χ1) is 16.1. The van der Waals surface area contributed by atoms with Gasteiger partial charge in [0, 0.05) is 26.2 Å². The van der Waals surface area contributed by atoms with Gasteiger partial charge in [-0.1, -0.05) is 12.1 Å². The quantitative estimate of drug-likeness (QED) is 0.487. The molecule has 1 aliphatic heterocycles. The second-order valence-corrected chi connectivity index (χ2v) is 8.29. The summed E-state index contributed by atoms with van der Waals surface area (Å²) in [6.45, 7) is 3.44. The minimum Gasteiger partial charge on any atom is -0.496 e. The zero-order valence-corrected chi connectivity index (χ0v) is 19.4. The van der Waals surface area contributed by atoms with Crippen molar-refractivity contribution in [1.82, 2.24) is 15.6 Å². The Kier molecular flexibility index (Phi) is 7.26. The number of hydrogen-bond acceptors (Lipinski definition) is 8. The maximum atomic E-state index is 12.7. The molecule has 1 aromatic heterocycles. The van der Waals surface area contributed by atoms with E-state index < -0.39 is 0 Å². The van der Waals surface area contributed by atoms with Gasteiger partial charge in [-0.25, -0.2) is 4.98 Å². The Hall–Kier alpha value is -3.37. The standard InChI is InChI=1S/C23H26N4O5S/c1-30-17-6-4-3-5-15(17)21(28)24-9-10-25-22(29)23-26-19-18(31-2)8-7-16(20(19)33-23)27-11-13-32-14-12-27/h3-8H,9-14H2,1-2H3,(H,24,28)(H,25,29). The lowest BCUT2D eigenvalue weighted by Crippen LogP contribution is -2.36. The summed E-state index contributed by atoms with van der Waals surface area (Å²) in [6, 6.07) is 10.9. The topological polar surface area (TPSA) is 102 Å². The molecular formula is C23H26N4O5S. The summed E-state index contributed by atoms with van der Waals surface area (Å²) < 4.78 is 17.0. The third kappa shape index (κ3) is 5.01. The SMILES string of the molecule is COc1ccccc1C(=O)NCCNC(=O)c1nc2c(OC)ccc(N3CCOCC3)c2s1. The molecule has 0 atom stereocenters. The zero-order chi connectivity index (χ0) is 23.2. The Bertz CT molecular complexity index is 1140. The molecule has 2 aromatic carbocycles. The number of aromatic nitrogens is 1. The number of carbonyl (C=O) groups is 2. The minimum atomic E-state index is -0.294. The Morgan fingerprint density at radius 3 is 2.42 bits per heavy atom. The molecule has 0 spiro atoms. The van der Waals surface area contributed by atoms with E-state index in [4.69, 9.17) is 14.2 Å². The van der Waals surface area contributed by atoms with E-state index in [0.29, 0.717) is 40.8 Å². The molecule has 0 saturated carbocycles. The predicted molar refractivity (Wildman–Crippen MR) is 127 cm³/mol. The number of hydrogen-bond donors (Lipinski definition) is 2. The van der Waals surface area contributed by atoms with E-state index in [1.807, 2.05) is 12.1 Å². The summed E-state index contributed by atoms with van der Waals surface area (Å²) in [5.41, 5.74) is 2.14. The highest BCUT2D eigenvalue weighted by Gasteiger charge is 2.21. The van der Waals surface area contributed by atoms with E-state index in [2.05, 4.69) is 20.5 Å². The van der Waals surface area contributed by atoms with Crippen LogP contribution in [-0.4, -0.2) is 70.4 Å². The number of nitrogens with one attached hydrogen (secondary N) is 2. The van der Waals surface area contributed by atoms with Gasteiger partial charge >= 0.3 is 0 Å². The predicted octanol–water partition coefficient (Wildman–Crippen LogP) is 2.31. The summed E-state index contributed by atoms with van der Waals surface area (Å²) >= 11 is 1.33. The second-order valence-electron chi connectivity index (χ2n) is 7.30. The largest absolute Gasteiger partial charge is 0.496 e. The first kappa shape index (κ1) is 22.8. The maximum Gasteiger partial charge on any atom is 0.280 e. The van der Waals surface area contributed by atoms with Crippen LogP contribution in [0.25, 0.3) is 10.2 Å². The molecule has 0 bridgehead atoms. The molecule has 174 valence electrons. The monoisotopic (exact) mass is 470 g/mol. The molecule has 1 aliphatic rings. The number of para-hydroxylation sites is 1. The van der Waals surface area contributed by atoms with E-state index >= 15 is 0 Å². The van der Waals surface area contributed by atoms with Crippen LogP contribution in [0.2, 0.25) is 0 Å². The summed E-state index contributed by atoms with van der Waals surface area (Å²) in [7, 11) is 3.11. The summed E-state index contributed by atoms with van der Waals surface area (Å²) in [5, 5.41) is 5.96. The van der Waals surface area contributed by atoms with Gasteiger partial charge in [-0.2, -0.15) is 0 Å². The normalized spacial score (nSPS) is 13.6. The number of anilines is 1. The van der Waals surface area contributed by atoms with E-state index in [9.17, 15) is 9.59 Å². The number of morpholine rings is 1. The lowest BCUT2D eigenvalue weighted by atomic mass is 10.2. The van der Waals surface area contributed by atoms with Gasteiger partial charge in [0.25, 0.3) is 11.8 Å². The van der Waals surface area contributed by atoms with Crippen LogP contribution < -0.4 is 25.0 Å². The molecule has 2 N–H and O–H groups in total. The number of fused-ring (bicyclic) bond motifs is 1. The Morgan fingerprint density at radius 2 is 1.70 bits per heavy atom. The number of benzene rings is 2. The summed E-state index contributed by atoms with van der Waals surface area (Å²) in [5.74, 6) is 0.569. The molecule has 33 heavy (non-hydrogen) atoms. The Balaban J connectivity index is 1.41. The van der Waals surface area contributed by atoms with Crippen molar-refractivity contribution in [3.05, 3.63) is 47.0 Å². The number of ether oxygens (including phenoxy) is 3. The van der Waals surface area contributed by atoms with Crippen LogP contribution >= 0.6 is 11.3 Å². The van der Waals surface area contributed by atoms with Crippen molar-refractivity contribution in [3.63, 3.8) is 0 Å². The van der Waals surface area contributed by atoms with Gasteiger partial charge in [-0.3, -0.25) is 9.59 Å². The van der Waals surface area contributed by atoms with E-state index in [1.54, 1.807) is 31.4 Å². The molecule has 2 amide bonds. The molecule has 0 aliphatic carbocycles. The van der Waals surface area contributed by atoms with Crippen LogP contribution in [0.3, 0.4) is 0 Å². The lowest BCUT2D eigenvalue weighted by molar-refractivity contribution is 0.0926. The molecule has 4 rings (SSSR count). The molecule has 1 saturated heterocycles. The first-order valence-corrected chi connectivity index (χ1v) is 11.4. The molecular weight excluding hydrogens is 444 g/mol. The lowest BCUT2D eigenvalue weighted by Gasteiger charge is -2.29. The fraction of sp³-hybridized carbons (Fsp3) is 0.348. The van der Waals surface area contributed by atoms with Crippen LogP contribution in [0, 0.1) is 0 Å². The Morgan fingerprint density at radius 1 is 1.00 bits per heavy atom. The third-order valence-electron chi connectivity index (χ3n) is 5.30. The number of nitrogens with zero attached hydrogens (tertiary/aromatic N) is 2. The van der Waals surface area contributed by atoms with Gasteiger partial charge < -0.3 is 29.7 Å². The van der Waals surface area contributed by atoms with Crippen molar-refractivity contribution >= 4 is 39.1 Å². The molecule has 0 radical (unpaired) electrons. The molecule has 3 aromatic rings. The minimum absolute atomic E-state index is 0.262. The van der Waals surface area contributed by atoms with Gasteiger partial charge in [0.05, 0.1) is 43.4 Å². The average molecular weight is 471 g/mol. The highest BCUT2D eigenvalue weighted by molar-refractivity contribution is 7.21. The molecule has 0 unspecified atom stereocenters. The first-order valence-electron chi connectivity index (χ1n) is 10.6. The van der Waals surface area contributed by atoms with Crippen molar-refractivity contribution in [2.75, 3.05) is 58.5 Å². The van der Waals surface area contributed by atoms with Crippen LogP contribution in [0.1, 0.15) is 20.2 Å². The smallest absolute Gasteiger partial charge is 0.280 e. The number of methoxy groups -OCH3 is 2. The molecule has 9 nitrogen and oxygen atoms in total. The summed E-state index contributed by atoms with van der Waals surface area (Å²) in [6.07, 6.45) is 0. The van der Waals surface area contributed by atoms with Crippen molar-refractivity contribution in [3.8, 4) is 11.5 Å². The van der Waals surface area contributed by atoms with Gasteiger partial charge in [0.2, 0.25) is 0 Å². The van der Waals surface area contributed by atoms with Crippen LogP contribution in [0.15, 0.2) is 36.4 Å². The van der Waals surface area contributed by atoms with Gasteiger partial charge in [0.1, 0.15) is 17.0 Å². The molecule has 1 fully saturated rings. The maximum absolute atomic E-state index is 12.7. The fourth-order valence-electron chi connectivity index (χ4n) is 3.64. The second kappa shape index (κ2) is 10.5. The number of rotatable bonds is 8. The van der Waals surface area contributed by atoms with E-state index in [-0.39, 0.29) is 24.9 Å². The zero-order valence-electron chi connectivity index (χ0n) is 18.6. The molecule has 10 heteroatoms. The van der Waals surface area contributed by atoms with Crippen molar-refractivity contribution in [2.45, 2.75) is 0 Å². The van der Waals surface area contributed by atoms with E-state index in [0.717, 1.165) is 23.5 Å². The number of carbonyl (C=O) groups excluding carboxylic acids is 2. The van der Waals surface area contributed by atoms with Gasteiger partial charge in [0.15, 0.2) is 5.01 Å². The fourth-order valence-corrected chi connectivity index (χ4v) is 4.68. The van der Waals surface area contributed by atoms with E-state index in [1.165, 1.54) is 18.4 Å². The highest BCUT2D eigenvalue weighted by Crippen LogP contribution is 2.37. The van der Waals surface area contributed by atoms with Gasteiger partial charge in [-0.15, -0.1) is 11.3 Å². The average Bonchev–Trinajstić information content (AvgIpc) is 3.32. The Labute approximate surface area is 195 Å². The molecule has 2 heterocycles. The number of amides is 2. The third-order valence-corrected chi connectivity index (χ3v) is 6.38. The summed E-state index contributed by atoms with van der Waals surface area (Å²) in [4.78, 5) is 31.9. The van der Waals surface area contributed by atoms with Crippen molar-refractivity contribution in [2.24, 2.45) is 0 Å². The van der Waals surface area contributed by atoms with Gasteiger partial charge in [-0.05, 0) is 24.3 Å². The highest BCUT2D eigenvalue weighted by atomic mass is 32.1.